The summed E-state index contributed by atoms with van der Waals surface area (Å²) in [6.07, 6.45) is 5.89. The molecule has 3 aromatic carbocycles. The van der Waals surface area contributed by atoms with Crippen molar-refractivity contribution in [3.63, 3.8) is 0 Å². The van der Waals surface area contributed by atoms with E-state index in [0.29, 0.717) is 11.3 Å². The quantitative estimate of drug-likeness (QED) is 0.213. The van der Waals surface area contributed by atoms with Gasteiger partial charge in [0.1, 0.15) is 11.5 Å². The number of esters is 1. The zero-order chi connectivity index (χ0) is 20.6. The van der Waals surface area contributed by atoms with Crippen LogP contribution in [0, 0.1) is 0 Å². The standard InChI is InChI=1S/C26H24O3/c1-4-19(2)26(27)29-25-17-13-23(14-18-25)22-11-7-20(8-12-22)5-6-21-9-15-24(28-3)16-10-21/h4-18H,1-3H3/b6-5+,19-4-. The topological polar surface area (TPSA) is 35.5 Å². The van der Waals surface area contributed by atoms with Gasteiger partial charge < -0.3 is 9.47 Å². The molecule has 0 atom stereocenters. The number of methoxy groups -OCH3 is 1. The van der Waals surface area contributed by atoms with E-state index in [0.717, 1.165) is 28.0 Å². The highest BCUT2D eigenvalue weighted by molar-refractivity contribution is 5.89. The highest BCUT2D eigenvalue weighted by Crippen LogP contribution is 2.24. The Bertz CT molecular complexity index is 1010. The van der Waals surface area contributed by atoms with Crippen LogP contribution in [0.15, 0.2) is 84.4 Å². The summed E-state index contributed by atoms with van der Waals surface area (Å²) in [6.45, 7) is 3.55. The number of rotatable bonds is 6. The van der Waals surface area contributed by atoms with Gasteiger partial charge in [-0.05, 0) is 60.4 Å². The zero-order valence-corrected chi connectivity index (χ0v) is 16.9. The monoisotopic (exact) mass is 384 g/mol. The van der Waals surface area contributed by atoms with Crippen LogP contribution >= 0.6 is 0 Å². The van der Waals surface area contributed by atoms with Gasteiger partial charge in [0.05, 0.1) is 7.11 Å². The van der Waals surface area contributed by atoms with Crippen LogP contribution in [-0.2, 0) is 4.79 Å². The van der Waals surface area contributed by atoms with E-state index in [1.54, 1.807) is 20.1 Å². The van der Waals surface area contributed by atoms with Gasteiger partial charge in [0.25, 0.3) is 0 Å². The van der Waals surface area contributed by atoms with Gasteiger partial charge in [-0.3, -0.25) is 0 Å². The van der Waals surface area contributed by atoms with E-state index in [9.17, 15) is 4.79 Å². The van der Waals surface area contributed by atoms with Crippen molar-refractivity contribution in [3.05, 3.63) is 95.6 Å². The van der Waals surface area contributed by atoms with Crippen molar-refractivity contribution in [1.82, 2.24) is 0 Å². The molecule has 0 saturated heterocycles. The fourth-order valence-electron chi connectivity index (χ4n) is 2.71. The first-order chi connectivity index (χ1) is 14.1. The van der Waals surface area contributed by atoms with Gasteiger partial charge in [-0.25, -0.2) is 4.79 Å². The molecular weight excluding hydrogens is 360 g/mol. The lowest BCUT2D eigenvalue weighted by Gasteiger charge is -2.06. The second-order valence-corrected chi connectivity index (χ2v) is 6.61. The van der Waals surface area contributed by atoms with E-state index >= 15 is 0 Å². The fraction of sp³-hybridized carbons (Fsp3) is 0.115. The van der Waals surface area contributed by atoms with Gasteiger partial charge in [0.15, 0.2) is 0 Å². The van der Waals surface area contributed by atoms with E-state index in [4.69, 9.17) is 9.47 Å². The summed E-state index contributed by atoms with van der Waals surface area (Å²) in [5, 5.41) is 0. The number of benzene rings is 3. The predicted molar refractivity (Wildman–Crippen MR) is 119 cm³/mol. The number of allylic oxidation sites excluding steroid dienone is 1. The second-order valence-electron chi connectivity index (χ2n) is 6.61. The SMILES string of the molecule is C/C=C(/C)C(=O)Oc1ccc(-c2ccc(/C=C/c3ccc(OC)cc3)cc2)cc1. The lowest BCUT2D eigenvalue weighted by molar-refractivity contribution is -0.130. The minimum Gasteiger partial charge on any atom is -0.497 e. The van der Waals surface area contributed by atoms with Crippen LogP contribution in [0.4, 0.5) is 0 Å². The highest BCUT2D eigenvalue weighted by Gasteiger charge is 2.06. The van der Waals surface area contributed by atoms with E-state index in [-0.39, 0.29) is 5.97 Å². The predicted octanol–water partition coefficient (Wildman–Crippen LogP) is 6.40. The number of hydrogen-bond donors (Lipinski definition) is 0. The Kier molecular flexibility index (Phi) is 6.64. The van der Waals surface area contributed by atoms with Crippen molar-refractivity contribution in [2.45, 2.75) is 13.8 Å². The maximum absolute atomic E-state index is 11.8. The largest absolute Gasteiger partial charge is 0.497 e. The van der Waals surface area contributed by atoms with Crippen molar-refractivity contribution in [2.75, 3.05) is 7.11 Å². The molecule has 0 fully saturated rings. The zero-order valence-electron chi connectivity index (χ0n) is 16.9. The Labute approximate surface area is 171 Å². The highest BCUT2D eigenvalue weighted by atomic mass is 16.5. The molecule has 0 aliphatic carbocycles. The molecule has 0 saturated carbocycles. The van der Waals surface area contributed by atoms with Crippen molar-refractivity contribution in [1.29, 1.82) is 0 Å². The number of carbonyl (C=O) groups excluding carboxylic acids is 1. The Balaban J connectivity index is 1.66. The summed E-state index contributed by atoms with van der Waals surface area (Å²) >= 11 is 0. The lowest BCUT2D eigenvalue weighted by atomic mass is 10.0. The number of carbonyl (C=O) groups is 1. The van der Waals surface area contributed by atoms with Crippen LogP contribution in [0.1, 0.15) is 25.0 Å². The molecule has 0 aliphatic rings. The van der Waals surface area contributed by atoms with E-state index < -0.39 is 0 Å². The van der Waals surface area contributed by atoms with Crippen molar-refractivity contribution < 1.29 is 14.3 Å². The molecule has 0 aliphatic heterocycles. The van der Waals surface area contributed by atoms with E-state index in [2.05, 4.69) is 36.4 Å². The minimum atomic E-state index is -0.326. The normalized spacial score (nSPS) is 11.5. The second kappa shape index (κ2) is 9.56. The van der Waals surface area contributed by atoms with E-state index in [1.807, 2.05) is 55.5 Å². The van der Waals surface area contributed by atoms with Crippen molar-refractivity contribution in [3.8, 4) is 22.6 Å². The summed E-state index contributed by atoms with van der Waals surface area (Å²) in [5.41, 5.74) is 5.00. The summed E-state index contributed by atoms with van der Waals surface area (Å²) in [4.78, 5) is 11.8. The molecular formula is C26H24O3. The molecule has 0 spiro atoms. The van der Waals surface area contributed by atoms with Gasteiger partial charge in [-0.2, -0.15) is 0 Å². The van der Waals surface area contributed by atoms with Gasteiger partial charge in [0.2, 0.25) is 0 Å². The molecule has 0 unspecified atom stereocenters. The molecule has 3 heteroatoms. The molecule has 0 bridgehead atoms. The van der Waals surface area contributed by atoms with Crippen molar-refractivity contribution >= 4 is 18.1 Å². The van der Waals surface area contributed by atoms with E-state index in [1.165, 1.54) is 0 Å². The maximum Gasteiger partial charge on any atom is 0.338 e. The van der Waals surface area contributed by atoms with Crippen LogP contribution in [-0.4, -0.2) is 13.1 Å². The Hall–Kier alpha value is -3.59. The summed E-state index contributed by atoms with van der Waals surface area (Å²) in [5.74, 6) is 1.07. The van der Waals surface area contributed by atoms with Crippen molar-refractivity contribution in [2.24, 2.45) is 0 Å². The Morgan fingerprint density at radius 1 is 0.724 bits per heavy atom. The maximum atomic E-state index is 11.8. The number of ether oxygens (including phenoxy) is 2. The number of hydrogen-bond acceptors (Lipinski definition) is 3. The first-order valence-electron chi connectivity index (χ1n) is 9.47. The molecule has 0 aromatic heterocycles. The van der Waals surface area contributed by atoms with Crippen LogP contribution in [0.3, 0.4) is 0 Å². The van der Waals surface area contributed by atoms with Gasteiger partial charge in [0, 0.05) is 5.57 Å². The van der Waals surface area contributed by atoms with Gasteiger partial charge in [-0.15, -0.1) is 0 Å². The van der Waals surface area contributed by atoms with Crippen LogP contribution in [0.2, 0.25) is 0 Å². The first kappa shape index (κ1) is 20.2. The van der Waals surface area contributed by atoms with Crippen LogP contribution < -0.4 is 9.47 Å². The third-order valence-corrected chi connectivity index (χ3v) is 4.65. The first-order valence-corrected chi connectivity index (χ1v) is 9.47. The molecule has 0 heterocycles. The lowest BCUT2D eigenvalue weighted by Crippen LogP contribution is -2.08. The average molecular weight is 384 g/mol. The average Bonchev–Trinajstić information content (AvgIpc) is 2.78. The Morgan fingerprint density at radius 3 is 1.66 bits per heavy atom. The third kappa shape index (κ3) is 5.45. The summed E-state index contributed by atoms with van der Waals surface area (Å²) < 4.78 is 10.5. The molecule has 3 rings (SSSR count). The molecule has 0 radical (unpaired) electrons. The molecule has 0 N–H and O–H groups in total. The van der Waals surface area contributed by atoms with Gasteiger partial charge in [-0.1, -0.05) is 66.8 Å². The van der Waals surface area contributed by atoms with Gasteiger partial charge >= 0.3 is 5.97 Å². The molecule has 0 amide bonds. The Morgan fingerprint density at radius 2 is 1.17 bits per heavy atom. The third-order valence-electron chi connectivity index (χ3n) is 4.65. The molecule has 29 heavy (non-hydrogen) atoms. The summed E-state index contributed by atoms with van der Waals surface area (Å²) in [7, 11) is 1.66. The molecule has 3 nitrogen and oxygen atoms in total. The molecule has 3 aromatic rings. The summed E-state index contributed by atoms with van der Waals surface area (Å²) in [6, 6.07) is 23.8. The fourth-order valence-corrected chi connectivity index (χ4v) is 2.71. The van der Waals surface area contributed by atoms with Crippen LogP contribution in [0.5, 0.6) is 11.5 Å². The minimum absolute atomic E-state index is 0.326. The van der Waals surface area contributed by atoms with Crippen LogP contribution in [0.25, 0.3) is 23.3 Å². The smallest absolute Gasteiger partial charge is 0.338 e. The molecule has 146 valence electrons.